The number of thioether (sulfide) groups is 1. The Morgan fingerprint density at radius 3 is 3.00 bits per heavy atom. The molecule has 1 aliphatic rings. The number of rotatable bonds is 5. The average molecular weight is 334 g/mol. The van der Waals surface area contributed by atoms with E-state index < -0.39 is 5.97 Å². The third kappa shape index (κ3) is 3.44. The molecule has 0 radical (unpaired) electrons. The van der Waals surface area contributed by atoms with E-state index in [1.54, 1.807) is 7.11 Å². The summed E-state index contributed by atoms with van der Waals surface area (Å²) in [6, 6.07) is 7.03. The second kappa shape index (κ2) is 6.95. The number of hydrogen-bond acceptors (Lipinski definition) is 5. The first-order chi connectivity index (χ1) is 11.2. The second-order valence-electron chi connectivity index (χ2n) is 5.27. The predicted octanol–water partition coefficient (Wildman–Crippen LogP) is 3.06. The highest BCUT2D eigenvalue weighted by Crippen LogP contribution is 2.39. The molecule has 2 N–H and O–H groups in total. The standard InChI is InChI=1S/C16H18N2O4S/c1-21-14-6-2-5-11(12-8-13(16(19)20)18-17-12)15(14)22-10-4-3-7-23-9-10/h2,5-6,8,10H,3-4,7,9H2,1H3,(H,17,18)(H,19,20). The Morgan fingerprint density at radius 2 is 2.35 bits per heavy atom. The maximum atomic E-state index is 11.0. The van der Waals surface area contributed by atoms with Gasteiger partial charge in [-0.2, -0.15) is 16.9 Å². The predicted molar refractivity (Wildman–Crippen MR) is 88.5 cm³/mol. The number of nitrogens with one attached hydrogen (secondary N) is 1. The number of methoxy groups -OCH3 is 1. The van der Waals surface area contributed by atoms with E-state index in [0.29, 0.717) is 17.2 Å². The van der Waals surface area contributed by atoms with Gasteiger partial charge in [0.25, 0.3) is 0 Å². The lowest BCUT2D eigenvalue weighted by molar-refractivity contribution is 0.0690. The zero-order valence-corrected chi connectivity index (χ0v) is 13.6. The molecule has 0 aliphatic carbocycles. The molecule has 1 aromatic heterocycles. The topological polar surface area (TPSA) is 84.4 Å². The summed E-state index contributed by atoms with van der Waals surface area (Å²) >= 11 is 1.88. The molecule has 1 atom stereocenters. The Morgan fingerprint density at radius 1 is 1.48 bits per heavy atom. The summed E-state index contributed by atoms with van der Waals surface area (Å²) in [4.78, 5) is 11.0. The molecule has 23 heavy (non-hydrogen) atoms. The maximum Gasteiger partial charge on any atom is 0.353 e. The van der Waals surface area contributed by atoms with E-state index >= 15 is 0 Å². The first-order valence-electron chi connectivity index (χ1n) is 7.39. The van der Waals surface area contributed by atoms with Gasteiger partial charge in [-0.15, -0.1) is 0 Å². The van der Waals surface area contributed by atoms with Crippen LogP contribution in [-0.2, 0) is 0 Å². The molecular weight excluding hydrogens is 316 g/mol. The summed E-state index contributed by atoms with van der Waals surface area (Å²) in [5, 5.41) is 15.7. The molecular formula is C16H18N2O4S. The minimum absolute atomic E-state index is 0.0435. The van der Waals surface area contributed by atoms with Crippen molar-refractivity contribution in [3.05, 3.63) is 30.0 Å². The molecule has 122 valence electrons. The molecule has 1 fully saturated rings. The Bertz CT molecular complexity index is 695. The summed E-state index contributed by atoms with van der Waals surface area (Å²) < 4.78 is 11.6. The largest absolute Gasteiger partial charge is 0.493 e. The molecule has 1 unspecified atom stereocenters. The highest BCUT2D eigenvalue weighted by Gasteiger charge is 2.21. The van der Waals surface area contributed by atoms with Crippen LogP contribution in [0.15, 0.2) is 24.3 Å². The van der Waals surface area contributed by atoms with E-state index in [1.807, 2.05) is 30.0 Å². The van der Waals surface area contributed by atoms with Crippen LogP contribution in [0.1, 0.15) is 23.3 Å². The summed E-state index contributed by atoms with van der Waals surface area (Å²) in [6.45, 7) is 0. The molecule has 2 heterocycles. The van der Waals surface area contributed by atoms with Gasteiger partial charge in [-0.3, -0.25) is 5.10 Å². The Balaban J connectivity index is 1.96. The molecule has 7 heteroatoms. The molecule has 1 aromatic carbocycles. The second-order valence-corrected chi connectivity index (χ2v) is 6.42. The quantitative estimate of drug-likeness (QED) is 0.874. The van der Waals surface area contributed by atoms with Crippen molar-refractivity contribution in [3.8, 4) is 22.8 Å². The third-order valence-electron chi connectivity index (χ3n) is 3.69. The van der Waals surface area contributed by atoms with Gasteiger partial charge >= 0.3 is 5.97 Å². The normalized spacial score (nSPS) is 17.7. The SMILES string of the molecule is COc1cccc(-c2cc(C(=O)O)[nH]n2)c1OC1CCCSC1. The number of para-hydroxylation sites is 1. The van der Waals surface area contributed by atoms with E-state index in [-0.39, 0.29) is 11.8 Å². The minimum atomic E-state index is -1.04. The number of carboxylic acids is 1. The van der Waals surface area contributed by atoms with Gasteiger partial charge in [0.15, 0.2) is 11.5 Å². The van der Waals surface area contributed by atoms with Crippen molar-refractivity contribution in [2.75, 3.05) is 18.6 Å². The van der Waals surface area contributed by atoms with Crippen LogP contribution in [0.4, 0.5) is 0 Å². The van der Waals surface area contributed by atoms with Gasteiger partial charge in [-0.1, -0.05) is 6.07 Å². The van der Waals surface area contributed by atoms with Gasteiger partial charge < -0.3 is 14.6 Å². The zero-order valence-electron chi connectivity index (χ0n) is 12.7. The molecule has 0 bridgehead atoms. The van der Waals surface area contributed by atoms with Crippen molar-refractivity contribution in [1.82, 2.24) is 10.2 Å². The molecule has 6 nitrogen and oxygen atoms in total. The number of aromatic nitrogens is 2. The highest BCUT2D eigenvalue weighted by atomic mass is 32.2. The van der Waals surface area contributed by atoms with Gasteiger partial charge in [0.2, 0.25) is 0 Å². The van der Waals surface area contributed by atoms with Crippen molar-refractivity contribution in [2.45, 2.75) is 18.9 Å². The van der Waals surface area contributed by atoms with Crippen LogP contribution >= 0.6 is 11.8 Å². The molecule has 1 aliphatic heterocycles. The van der Waals surface area contributed by atoms with Crippen molar-refractivity contribution >= 4 is 17.7 Å². The third-order valence-corrected chi connectivity index (χ3v) is 4.87. The van der Waals surface area contributed by atoms with Gasteiger partial charge in [0.05, 0.1) is 12.8 Å². The number of H-pyrrole nitrogens is 1. The molecule has 1 saturated heterocycles. The van der Waals surface area contributed by atoms with E-state index in [4.69, 9.17) is 14.6 Å². The van der Waals surface area contributed by atoms with Gasteiger partial charge in [0.1, 0.15) is 11.8 Å². The van der Waals surface area contributed by atoms with Crippen LogP contribution in [0, 0.1) is 0 Å². The number of nitrogens with zero attached hydrogens (tertiary/aromatic N) is 1. The van der Waals surface area contributed by atoms with Crippen LogP contribution in [0.5, 0.6) is 11.5 Å². The van der Waals surface area contributed by atoms with Gasteiger partial charge in [0, 0.05) is 11.3 Å². The van der Waals surface area contributed by atoms with Crippen molar-refractivity contribution in [1.29, 1.82) is 0 Å². The lowest BCUT2D eigenvalue weighted by atomic mass is 10.1. The average Bonchev–Trinajstić information content (AvgIpc) is 3.06. The molecule has 2 aromatic rings. The Kier molecular flexibility index (Phi) is 4.76. The number of aromatic carboxylic acids is 1. The van der Waals surface area contributed by atoms with Gasteiger partial charge in [-0.25, -0.2) is 4.79 Å². The number of carbonyl (C=O) groups is 1. The first kappa shape index (κ1) is 15.7. The monoisotopic (exact) mass is 334 g/mol. The molecule has 3 rings (SSSR count). The fraction of sp³-hybridized carbons (Fsp3) is 0.375. The molecule has 0 spiro atoms. The lowest BCUT2D eigenvalue weighted by Crippen LogP contribution is -2.23. The number of carboxylic acid groups (broad SMARTS) is 1. The van der Waals surface area contributed by atoms with Crippen LogP contribution in [0.2, 0.25) is 0 Å². The first-order valence-corrected chi connectivity index (χ1v) is 8.55. The highest BCUT2D eigenvalue weighted by molar-refractivity contribution is 7.99. The summed E-state index contributed by atoms with van der Waals surface area (Å²) in [5.41, 5.74) is 1.30. The minimum Gasteiger partial charge on any atom is -0.493 e. The number of ether oxygens (including phenoxy) is 2. The Labute approximate surface area is 138 Å². The van der Waals surface area contributed by atoms with Crippen LogP contribution < -0.4 is 9.47 Å². The van der Waals surface area contributed by atoms with E-state index in [1.165, 1.54) is 11.8 Å². The summed E-state index contributed by atoms with van der Waals surface area (Å²) in [5.74, 6) is 2.31. The number of hydrogen-bond donors (Lipinski definition) is 2. The van der Waals surface area contributed by atoms with E-state index in [2.05, 4.69) is 10.2 Å². The van der Waals surface area contributed by atoms with E-state index in [0.717, 1.165) is 24.2 Å². The zero-order chi connectivity index (χ0) is 16.2. The summed E-state index contributed by atoms with van der Waals surface area (Å²) in [7, 11) is 1.59. The lowest BCUT2D eigenvalue weighted by Gasteiger charge is -2.24. The Hall–Kier alpha value is -2.15. The van der Waals surface area contributed by atoms with Crippen LogP contribution in [0.3, 0.4) is 0 Å². The smallest absolute Gasteiger partial charge is 0.353 e. The fourth-order valence-electron chi connectivity index (χ4n) is 2.54. The van der Waals surface area contributed by atoms with Crippen molar-refractivity contribution in [3.63, 3.8) is 0 Å². The van der Waals surface area contributed by atoms with Crippen LogP contribution in [0.25, 0.3) is 11.3 Å². The molecule has 0 saturated carbocycles. The van der Waals surface area contributed by atoms with Crippen molar-refractivity contribution in [2.24, 2.45) is 0 Å². The molecule has 0 amide bonds. The van der Waals surface area contributed by atoms with Gasteiger partial charge in [-0.05, 0) is 36.8 Å². The van der Waals surface area contributed by atoms with Crippen molar-refractivity contribution < 1.29 is 19.4 Å². The fourth-order valence-corrected chi connectivity index (χ4v) is 3.57. The maximum absolute atomic E-state index is 11.0. The number of benzene rings is 1. The van der Waals surface area contributed by atoms with E-state index in [9.17, 15) is 4.79 Å². The summed E-state index contributed by atoms with van der Waals surface area (Å²) in [6.07, 6.45) is 2.26. The van der Waals surface area contributed by atoms with Crippen LogP contribution in [-0.4, -0.2) is 46.0 Å². The number of aromatic amines is 1.